The van der Waals surface area contributed by atoms with Gasteiger partial charge in [0.2, 0.25) is 0 Å². The van der Waals surface area contributed by atoms with Gasteiger partial charge in [0.25, 0.3) is 0 Å². The summed E-state index contributed by atoms with van der Waals surface area (Å²) in [5.74, 6) is 0. The van der Waals surface area contributed by atoms with Gasteiger partial charge in [-0.1, -0.05) is 29.8 Å². The molecular weight excluding hydrogens is 196 g/mol. The molecule has 2 N–H and O–H groups in total. The Bertz CT molecular complexity index is 514. The Kier molecular flexibility index (Phi) is 2.50. The Morgan fingerprint density at radius 3 is 3.00 bits per heavy atom. The molecule has 2 nitrogen and oxygen atoms in total. The number of aromatic nitrogens is 1. The van der Waals surface area contributed by atoms with Crippen LogP contribution < -0.4 is 5.32 Å². The highest BCUT2D eigenvalue weighted by Gasteiger charge is 2.06. The molecule has 1 fully saturated rings. The van der Waals surface area contributed by atoms with E-state index in [1.165, 1.54) is 34.9 Å². The zero-order chi connectivity index (χ0) is 10.8. The average Bonchev–Trinajstić information content (AvgIpc) is 2.74. The molecule has 0 bridgehead atoms. The predicted octanol–water partition coefficient (Wildman–Crippen LogP) is 2.93. The number of hydrogen-bond acceptors (Lipinski definition) is 1. The minimum Gasteiger partial charge on any atom is -0.361 e. The summed E-state index contributed by atoms with van der Waals surface area (Å²) in [4.78, 5) is 3.31. The summed E-state index contributed by atoms with van der Waals surface area (Å²) in [7, 11) is 0. The molecule has 2 heteroatoms. The Morgan fingerprint density at radius 1 is 1.19 bits per heavy atom. The summed E-state index contributed by atoms with van der Waals surface area (Å²) in [6.45, 7) is 2.20. The van der Waals surface area contributed by atoms with Crippen molar-refractivity contribution in [3.63, 3.8) is 0 Å². The highest BCUT2D eigenvalue weighted by Crippen LogP contribution is 2.22. The van der Waals surface area contributed by atoms with Gasteiger partial charge < -0.3 is 10.3 Å². The Balaban J connectivity index is 1.99. The van der Waals surface area contributed by atoms with E-state index in [4.69, 9.17) is 0 Å². The van der Waals surface area contributed by atoms with Crippen LogP contribution in [0.25, 0.3) is 17.0 Å². The van der Waals surface area contributed by atoms with Crippen molar-refractivity contribution in [3.05, 3.63) is 41.6 Å². The molecule has 0 amide bonds. The van der Waals surface area contributed by atoms with E-state index in [9.17, 15) is 0 Å². The van der Waals surface area contributed by atoms with Crippen LogP contribution >= 0.6 is 0 Å². The van der Waals surface area contributed by atoms with Gasteiger partial charge in [-0.05, 0) is 31.0 Å². The van der Waals surface area contributed by atoms with Crippen molar-refractivity contribution >= 4 is 17.0 Å². The number of rotatable bonds is 1. The fourth-order valence-corrected chi connectivity index (χ4v) is 2.33. The van der Waals surface area contributed by atoms with E-state index in [1.54, 1.807) is 0 Å². The highest BCUT2D eigenvalue weighted by atomic mass is 14.9. The molecular formula is C14H16N2. The molecule has 0 saturated carbocycles. The highest BCUT2D eigenvalue weighted by molar-refractivity contribution is 5.89. The summed E-state index contributed by atoms with van der Waals surface area (Å²) < 4.78 is 0. The van der Waals surface area contributed by atoms with Crippen LogP contribution in [0, 0.1) is 0 Å². The third-order valence-electron chi connectivity index (χ3n) is 3.18. The van der Waals surface area contributed by atoms with E-state index >= 15 is 0 Å². The predicted molar refractivity (Wildman–Crippen MR) is 68.4 cm³/mol. The molecule has 1 aliphatic rings. The van der Waals surface area contributed by atoms with Gasteiger partial charge in [0, 0.05) is 23.6 Å². The van der Waals surface area contributed by atoms with Crippen LogP contribution in [-0.2, 0) is 0 Å². The average molecular weight is 212 g/mol. The van der Waals surface area contributed by atoms with Crippen LogP contribution in [-0.4, -0.2) is 18.1 Å². The molecule has 2 heterocycles. The SMILES string of the molecule is C(=C1CCCNC1)c1c[nH]c2ccccc12. The maximum absolute atomic E-state index is 3.42. The first kappa shape index (κ1) is 9.67. The molecule has 1 aliphatic heterocycles. The number of benzene rings is 1. The molecule has 1 aromatic heterocycles. The number of fused-ring (bicyclic) bond motifs is 1. The van der Waals surface area contributed by atoms with Gasteiger partial charge in [0.05, 0.1) is 0 Å². The number of para-hydroxylation sites is 1. The number of aromatic amines is 1. The first-order valence-corrected chi connectivity index (χ1v) is 5.90. The molecule has 1 saturated heterocycles. The van der Waals surface area contributed by atoms with Gasteiger partial charge in [-0.3, -0.25) is 0 Å². The van der Waals surface area contributed by atoms with Crippen LogP contribution in [0.3, 0.4) is 0 Å². The van der Waals surface area contributed by atoms with Gasteiger partial charge >= 0.3 is 0 Å². The Morgan fingerprint density at radius 2 is 2.12 bits per heavy atom. The standard InChI is InChI=1S/C14H16N2/c1-2-6-14-13(5-1)12(10-16-14)8-11-4-3-7-15-9-11/h1-2,5-6,8,10,15-16H,3-4,7,9H2. The quantitative estimate of drug-likeness (QED) is 0.747. The number of H-pyrrole nitrogens is 1. The van der Waals surface area contributed by atoms with Crippen molar-refractivity contribution in [3.8, 4) is 0 Å². The summed E-state index contributed by atoms with van der Waals surface area (Å²) in [6.07, 6.45) is 6.91. The van der Waals surface area contributed by atoms with E-state index in [-0.39, 0.29) is 0 Å². The summed E-state index contributed by atoms with van der Waals surface area (Å²) >= 11 is 0. The van der Waals surface area contributed by atoms with Crippen molar-refractivity contribution < 1.29 is 0 Å². The Labute approximate surface area is 95.4 Å². The zero-order valence-electron chi connectivity index (χ0n) is 9.29. The minimum atomic E-state index is 1.04. The third kappa shape index (κ3) is 1.76. The van der Waals surface area contributed by atoms with Crippen LogP contribution in [0.2, 0.25) is 0 Å². The van der Waals surface area contributed by atoms with Crippen molar-refractivity contribution in [1.82, 2.24) is 10.3 Å². The molecule has 1 aromatic carbocycles. The van der Waals surface area contributed by atoms with Gasteiger partial charge in [0.1, 0.15) is 0 Å². The number of nitrogens with one attached hydrogen (secondary N) is 2. The van der Waals surface area contributed by atoms with Crippen molar-refractivity contribution in [2.75, 3.05) is 13.1 Å². The normalized spacial score (nSPS) is 19.4. The lowest BCUT2D eigenvalue weighted by molar-refractivity contribution is 0.613. The van der Waals surface area contributed by atoms with Crippen molar-refractivity contribution in [1.29, 1.82) is 0 Å². The lowest BCUT2D eigenvalue weighted by atomic mass is 10.0. The molecule has 0 aliphatic carbocycles. The Hall–Kier alpha value is -1.54. The van der Waals surface area contributed by atoms with Crippen LogP contribution in [0.15, 0.2) is 36.0 Å². The van der Waals surface area contributed by atoms with Gasteiger partial charge in [-0.2, -0.15) is 0 Å². The molecule has 3 rings (SSSR count). The maximum atomic E-state index is 3.42. The summed E-state index contributed by atoms with van der Waals surface area (Å²) in [5.41, 5.74) is 4.04. The molecule has 82 valence electrons. The van der Waals surface area contributed by atoms with Crippen LogP contribution in [0.4, 0.5) is 0 Å². The molecule has 0 spiro atoms. The monoisotopic (exact) mass is 212 g/mol. The zero-order valence-corrected chi connectivity index (χ0v) is 9.29. The van der Waals surface area contributed by atoms with Gasteiger partial charge in [-0.15, -0.1) is 0 Å². The fourth-order valence-electron chi connectivity index (χ4n) is 2.33. The molecule has 0 unspecified atom stereocenters. The van der Waals surface area contributed by atoms with Crippen LogP contribution in [0.5, 0.6) is 0 Å². The molecule has 16 heavy (non-hydrogen) atoms. The second-order valence-electron chi connectivity index (χ2n) is 4.37. The summed E-state index contributed by atoms with van der Waals surface area (Å²) in [5, 5.41) is 4.74. The summed E-state index contributed by atoms with van der Waals surface area (Å²) in [6, 6.07) is 8.46. The van der Waals surface area contributed by atoms with Crippen LogP contribution in [0.1, 0.15) is 18.4 Å². The second-order valence-corrected chi connectivity index (χ2v) is 4.37. The van der Waals surface area contributed by atoms with E-state index < -0.39 is 0 Å². The van der Waals surface area contributed by atoms with Gasteiger partial charge in [0.15, 0.2) is 0 Å². The van der Waals surface area contributed by atoms with Gasteiger partial charge in [-0.25, -0.2) is 0 Å². The van der Waals surface area contributed by atoms with E-state index in [1.807, 2.05) is 0 Å². The second kappa shape index (κ2) is 4.14. The van der Waals surface area contributed by atoms with E-state index in [2.05, 4.69) is 46.8 Å². The maximum Gasteiger partial charge on any atom is 0.0460 e. The first-order chi connectivity index (χ1) is 7.93. The first-order valence-electron chi connectivity index (χ1n) is 5.90. The fraction of sp³-hybridized carbons (Fsp3) is 0.286. The lowest BCUT2D eigenvalue weighted by Crippen LogP contribution is -2.23. The number of hydrogen-bond donors (Lipinski definition) is 2. The van der Waals surface area contributed by atoms with Crippen molar-refractivity contribution in [2.45, 2.75) is 12.8 Å². The smallest absolute Gasteiger partial charge is 0.0460 e. The lowest BCUT2D eigenvalue weighted by Gasteiger charge is -2.14. The van der Waals surface area contributed by atoms with E-state index in [0.29, 0.717) is 0 Å². The molecule has 2 aromatic rings. The van der Waals surface area contributed by atoms with Crippen molar-refractivity contribution in [2.24, 2.45) is 0 Å². The largest absolute Gasteiger partial charge is 0.361 e. The third-order valence-corrected chi connectivity index (χ3v) is 3.18. The topological polar surface area (TPSA) is 27.8 Å². The number of piperidine rings is 1. The van der Waals surface area contributed by atoms with E-state index in [0.717, 1.165) is 13.1 Å². The molecule has 0 atom stereocenters. The minimum absolute atomic E-state index is 1.04. The molecule has 0 radical (unpaired) electrons.